The number of hydrogen-bond acceptors (Lipinski definition) is 19. The summed E-state index contributed by atoms with van der Waals surface area (Å²) in [6, 6.07) is 12.3. The number of likely N-dealkylation sites (tertiary alicyclic amines) is 1. The number of benzene rings is 2. The maximum absolute atomic E-state index is 14.0. The molecule has 484 valence electrons. The van der Waals surface area contributed by atoms with Crippen molar-refractivity contribution >= 4 is 93.8 Å². The highest BCUT2D eigenvalue weighted by atomic mass is 127. The number of unbranched alkanes of at least 4 members (excludes halogenated alkanes) is 1. The SMILES string of the molecule is C#C[C@H]1CC(F)(F)CN1C(=O)CNC(=O)c1ccnc2ccc(OCCCN3CCN(C(=O)CC(=O)NC(=O)[C@H](CCCCNC(=O)CCCc4ccc(I)cc4)NC(=O)CN4CCN(COC=O)CCN(COC=O)CCN(CC(=O)O)CC4)CC3)cc12. The molecular formula is C60H79F2IN12O14. The van der Waals surface area contributed by atoms with Crippen molar-refractivity contribution in [2.24, 2.45) is 0 Å². The van der Waals surface area contributed by atoms with Crippen LogP contribution >= 0.6 is 22.6 Å². The summed E-state index contributed by atoms with van der Waals surface area (Å²) in [5.74, 6) is -5.72. The first-order valence-corrected chi connectivity index (χ1v) is 30.7. The Kier molecular flexibility index (Phi) is 29.2. The molecule has 5 N–H and O–H groups in total. The number of hydrogen-bond donors (Lipinski definition) is 5. The third-order valence-corrected chi connectivity index (χ3v) is 16.0. The Labute approximate surface area is 529 Å². The molecule has 29 heteroatoms. The van der Waals surface area contributed by atoms with Crippen molar-refractivity contribution in [3.8, 4) is 18.1 Å². The first-order valence-electron chi connectivity index (χ1n) is 29.6. The van der Waals surface area contributed by atoms with Crippen LogP contribution in [-0.4, -0.2) is 261 Å². The van der Waals surface area contributed by atoms with Gasteiger partial charge in [0.2, 0.25) is 35.4 Å². The van der Waals surface area contributed by atoms with E-state index in [1.165, 1.54) is 17.2 Å². The number of carbonyl (C=O) groups excluding carboxylic acids is 9. The second-order valence-corrected chi connectivity index (χ2v) is 23.2. The zero-order valence-electron chi connectivity index (χ0n) is 49.8. The smallest absolute Gasteiger partial charge is 0.317 e. The molecule has 3 aliphatic heterocycles. The summed E-state index contributed by atoms with van der Waals surface area (Å²) in [4.78, 5) is 143. The Morgan fingerprint density at radius 2 is 1.39 bits per heavy atom. The summed E-state index contributed by atoms with van der Waals surface area (Å²) >= 11 is 2.23. The minimum atomic E-state index is -3.12. The number of imide groups is 1. The number of halogens is 3. The third-order valence-electron chi connectivity index (χ3n) is 15.3. The first kappa shape index (κ1) is 70.6. The second-order valence-electron chi connectivity index (χ2n) is 21.9. The van der Waals surface area contributed by atoms with Crippen LogP contribution in [0.15, 0.2) is 54.7 Å². The highest BCUT2D eigenvalue weighted by molar-refractivity contribution is 14.1. The van der Waals surface area contributed by atoms with Crippen LogP contribution in [0.1, 0.15) is 67.3 Å². The van der Waals surface area contributed by atoms with Crippen molar-refractivity contribution < 1.29 is 76.0 Å². The van der Waals surface area contributed by atoms with Crippen molar-refractivity contribution in [3.05, 3.63) is 69.4 Å². The van der Waals surface area contributed by atoms with Crippen LogP contribution in [0.25, 0.3) is 10.9 Å². The van der Waals surface area contributed by atoms with E-state index in [1.54, 1.807) is 28.0 Å². The minimum absolute atomic E-state index is 0.0364. The van der Waals surface area contributed by atoms with Gasteiger partial charge >= 0.3 is 5.97 Å². The molecule has 26 nitrogen and oxygen atoms in total. The number of nitrogens with zero attached hydrogens (tertiary/aromatic N) is 8. The number of pyridine rings is 1. The zero-order valence-corrected chi connectivity index (χ0v) is 51.9. The molecule has 6 rings (SSSR count). The summed E-state index contributed by atoms with van der Waals surface area (Å²) in [5, 5.41) is 20.6. The summed E-state index contributed by atoms with van der Waals surface area (Å²) in [6.45, 7) is 3.81. The van der Waals surface area contributed by atoms with Crippen LogP contribution in [-0.2, 0) is 59.0 Å². The summed E-state index contributed by atoms with van der Waals surface area (Å²) in [7, 11) is 0. The Bertz CT molecular complexity index is 2940. The number of aryl methyl sites for hydroxylation is 1. The van der Waals surface area contributed by atoms with Crippen LogP contribution in [0, 0.1) is 15.9 Å². The largest absolute Gasteiger partial charge is 0.494 e. The van der Waals surface area contributed by atoms with Gasteiger partial charge in [-0.1, -0.05) is 18.1 Å². The molecule has 2 aromatic carbocycles. The number of amides is 7. The molecule has 4 heterocycles. The van der Waals surface area contributed by atoms with Crippen molar-refractivity contribution in [1.29, 1.82) is 0 Å². The molecule has 0 bridgehead atoms. The monoisotopic (exact) mass is 1360 g/mol. The van der Waals surface area contributed by atoms with Crippen LogP contribution in [0.2, 0.25) is 0 Å². The number of carboxylic acid groups (broad SMARTS) is 1. The average molecular weight is 1360 g/mol. The maximum atomic E-state index is 14.0. The van der Waals surface area contributed by atoms with Crippen molar-refractivity contribution in [2.45, 2.75) is 75.8 Å². The summed E-state index contributed by atoms with van der Waals surface area (Å²) in [6.07, 6.45) is 8.74. The molecular weight excluding hydrogens is 1280 g/mol. The molecule has 0 unspecified atom stereocenters. The Morgan fingerprint density at radius 3 is 2.03 bits per heavy atom. The van der Waals surface area contributed by atoms with Crippen LogP contribution in [0.3, 0.4) is 0 Å². The van der Waals surface area contributed by atoms with Crippen LogP contribution < -0.4 is 26.0 Å². The van der Waals surface area contributed by atoms with Crippen molar-refractivity contribution in [2.75, 3.05) is 138 Å². The van der Waals surface area contributed by atoms with Gasteiger partial charge in [-0.25, -0.2) is 8.78 Å². The van der Waals surface area contributed by atoms with E-state index >= 15 is 0 Å². The average Bonchev–Trinajstić information content (AvgIpc) is 2.28. The van der Waals surface area contributed by atoms with Gasteiger partial charge in [0.25, 0.3) is 24.8 Å². The lowest BCUT2D eigenvalue weighted by atomic mass is 10.1. The number of carbonyl (C=O) groups is 10. The van der Waals surface area contributed by atoms with Gasteiger partial charge in [-0.2, -0.15) is 0 Å². The molecule has 3 aromatic rings. The molecule has 0 spiro atoms. The molecule has 0 aliphatic carbocycles. The van der Waals surface area contributed by atoms with E-state index in [0.29, 0.717) is 134 Å². The second kappa shape index (κ2) is 36.9. The predicted octanol–water partition coefficient (Wildman–Crippen LogP) is 0.746. The van der Waals surface area contributed by atoms with Gasteiger partial charge in [0, 0.05) is 120 Å². The molecule has 0 radical (unpaired) electrons. The van der Waals surface area contributed by atoms with Crippen LogP contribution in [0.5, 0.6) is 5.75 Å². The standard InChI is InChI=1S/C60H79F2IN12O14/c1-2-46-35-60(61,62)39-75(46)56(82)36-66-58(85)48-16-18-64-50-15-14-47(33-49(48)50)89-32-6-19-69-28-30-74(31-29-69)55(81)34-53(79)68-59(86)51(8-3-4-17-65-52(78)9-5-7-44-10-12-45(63)13-11-44)67-54(80)37-70-20-21-71(38-57(83)84)23-25-73(41-88-43-77)27-26-72(24-22-70)40-87-42-76/h1,10-16,18,33,42-43,46,51H,3-9,17,19-32,34-41H2,(H,65,78)(H,66,85)(H,67,80)(H,83,84)(H,68,79,86)/t46-,51-/m0/s1. The van der Waals surface area contributed by atoms with Gasteiger partial charge in [-0.05, 0) is 103 Å². The number of piperazine rings is 1. The van der Waals surface area contributed by atoms with Crippen LogP contribution in [0.4, 0.5) is 8.78 Å². The third kappa shape index (κ3) is 24.8. The van der Waals surface area contributed by atoms with E-state index in [2.05, 4.69) is 59.7 Å². The number of carboxylic acids is 1. The van der Waals surface area contributed by atoms with E-state index < -0.39 is 85.3 Å². The lowest BCUT2D eigenvalue weighted by Gasteiger charge is -2.34. The molecule has 3 fully saturated rings. The molecule has 89 heavy (non-hydrogen) atoms. The van der Waals surface area contributed by atoms with Crippen molar-refractivity contribution in [3.63, 3.8) is 0 Å². The number of nitrogens with one attached hydrogen (secondary N) is 4. The topological polar surface area (TPSA) is 302 Å². The number of fused-ring (bicyclic) bond motifs is 1. The van der Waals surface area contributed by atoms with Gasteiger partial charge in [0.15, 0.2) is 0 Å². The van der Waals surface area contributed by atoms with E-state index in [9.17, 15) is 61.8 Å². The molecule has 0 saturated carbocycles. The summed E-state index contributed by atoms with van der Waals surface area (Å²) in [5.41, 5.74) is 1.82. The lowest BCUT2D eigenvalue weighted by molar-refractivity contribution is -0.140. The number of alkyl halides is 2. The lowest BCUT2D eigenvalue weighted by Crippen LogP contribution is -2.53. The number of terminal acetylenes is 1. The predicted molar refractivity (Wildman–Crippen MR) is 327 cm³/mol. The molecule has 7 amide bonds. The Balaban J connectivity index is 0.980. The van der Waals surface area contributed by atoms with E-state index in [-0.39, 0.29) is 70.6 Å². The molecule has 2 atom stereocenters. The highest BCUT2D eigenvalue weighted by Gasteiger charge is 2.46. The van der Waals surface area contributed by atoms with E-state index in [4.69, 9.17) is 20.6 Å². The van der Waals surface area contributed by atoms with Gasteiger partial charge in [-0.15, -0.1) is 6.42 Å². The first-order chi connectivity index (χ1) is 42.8. The maximum Gasteiger partial charge on any atom is 0.317 e. The number of aliphatic carboxylic acids is 1. The fourth-order valence-corrected chi connectivity index (χ4v) is 10.8. The highest BCUT2D eigenvalue weighted by Crippen LogP contribution is 2.32. The fourth-order valence-electron chi connectivity index (χ4n) is 10.4. The van der Waals surface area contributed by atoms with Gasteiger partial charge < -0.3 is 45.1 Å². The van der Waals surface area contributed by atoms with Gasteiger partial charge in [-0.3, -0.25) is 82.7 Å². The normalized spacial score (nSPS) is 17.6. The summed E-state index contributed by atoms with van der Waals surface area (Å²) < 4.78 is 45.1. The molecule has 3 saturated heterocycles. The van der Waals surface area contributed by atoms with E-state index in [1.807, 2.05) is 34.1 Å². The van der Waals surface area contributed by atoms with E-state index in [0.717, 1.165) is 20.5 Å². The number of aromatic nitrogens is 1. The Morgan fingerprint density at radius 1 is 0.753 bits per heavy atom. The zero-order chi connectivity index (χ0) is 64.1. The fraction of sp³-hybridized carbons (Fsp3) is 0.550. The van der Waals surface area contributed by atoms with Gasteiger partial charge in [0.05, 0.1) is 49.9 Å². The molecule has 1 aromatic heterocycles. The Hall–Kier alpha value is -7.50. The van der Waals surface area contributed by atoms with Gasteiger partial charge in [0.1, 0.15) is 31.7 Å². The number of ether oxygens (including phenoxy) is 3. The number of rotatable bonds is 31. The minimum Gasteiger partial charge on any atom is -0.494 e. The molecule has 3 aliphatic rings. The van der Waals surface area contributed by atoms with Crippen molar-refractivity contribution in [1.82, 2.24) is 60.6 Å². The quantitative estimate of drug-likeness (QED) is 0.0195.